The number of aliphatic carboxylic acids is 4. The highest BCUT2D eigenvalue weighted by atomic mass is 16.5. The third-order valence-corrected chi connectivity index (χ3v) is 29.8. The van der Waals surface area contributed by atoms with Crippen LogP contribution in [0.3, 0.4) is 0 Å². The highest BCUT2D eigenvalue weighted by Gasteiger charge is 2.51. The predicted molar refractivity (Wildman–Crippen MR) is 582 cm³/mol. The lowest BCUT2D eigenvalue weighted by molar-refractivity contribution is -0.929. The number of rotatable bonds is 52. The molecule has 0 heterocycles. The van der Waals surface area contributed by atoms with Gasteiger partial charge in [0.05, 0.1) is 172 Å². The molecular formula is C119H204N6O24. The number of hydrogen-bond donors (Lipinski definition) is 7. The average molecular weight is 2100 g/mol. The fourth-order valence-electron chi connectivity index (χ4n) is 20.6. The van der Waals surface area contributed by atoms with Crippen LogP contribution in [-0.2, 0) is 44.5 Å². The summed E-state index contributed by atoms with van der Waals surface area (Å²) in [6.07, 6.45) is 42.9. The first-order valence-electron chi connectivity index (χ1n) is 55.8. The van der Waals surface area contributed by atoms with Crippen LogP contribution in [0.5, 0.6) is 5.75 Å². The summed E-state index contributed by atoms with van der Waals surface area (Å²) in [4.78, 5) is 74.7. The Morgan fingerprint density at radius 2 is 0.691 bits per heavy atom. The number of carboxylic acids is 6. The SMILES string of the molecule is CCCCCCCC(=O)[O-].CCCC[N+](CCCC)(CCCC)CCCC.COCC[N+](CCOC)(CCOC)CCOC.C[N+](C)(C)C1CCCCC1.C[N+](C)(C)C1CCCCC1.C[N+](CCO)(CCO)CCO.C[N+](CCO)(CCO)CCO.O=C(O)c1cc2ccccc2cc1[O-].O=C([O-])C12CC3CC(CC(C3)C1)C2.O=C([O-])C1CCCCC1.O=C([O-])Cc1ccccc1.O=C([O-])c1cccc(C(=O)c2ccccc2)c1. The second kappa shape index (κ2) is 82.6. The molecule has 4 bridgehead atoms. The summed E-state index contributed by atoms with van der Waals surface area (Å²) < 4.78 is 26.5. The van der Waals surface area contributed by atoms with Gasteiger partial charge in [-0.15, -0.1) is 0 Å². The van der Waals surface area contributed by atoms with Crippen LogP contribution < -0.4 is 30.6 Å². The van der Waals surface area contributed by atoms with Gasteiger partial charge in [-0.25, -0.2) is 4.79 Å². The van der Waals surface area contributed by atoms with Crippen LogP contribution >= 0.6 is 0 Å². The summed E-state index contributed by atoms with van der Waals surface area (Å²) in [6.45, 7) is 28.1. The molecule has 0 aromatic heterocycles. The highest BCUT2D eigenvalue weighted by Crippen LogP contribution is 2.60. The third-order valence-electron chi connectivity index (χ3n) is 29.8. The Labute approximate surface area is 897 Å². The van der Waals surface area contributed by atoms with Gasteiger partial charge in [0.2, 0.25) is 0 Å². The summed E-state index contributed by atoms with van der Waals surface area (Å²) in [6, 6.07) is 35.3. The number of hydrogen-bond acceptors (Lipinski definition) is 23. The molecule has 0 unspecified atom stereocenters. The van der Waals surface area contributed by atoms with Gasteiger partial charge in [0.15, 0.2) is 5.78 Å². The average Bonchev–Trinajstić information content (AvgIpc) is 0.742. The Kier molecular flexibility index (Phi) is 78.1. The molecule has 12 rings (SSSR count). The molecule has 7 saturated carbocycles. The first kappa shape index (κ1) is 141. The van der Waals surface area contributed by atoms with Gasteiger partial charge >= 0.3 is 5.97 Å². The molecule has 5 aromatic carbocycles. The largest absolute Gasteiger partial charge is 0.872 e. The summed E-state index contributed by atoms with van der Waals surface area (Å²) in [7, 11) is 24.6. The zero-order valence-electron chi connectivity index (χ0n) is 95.2. The molecule has 0 amide bonds. The number of carbonyl (C=O) groups is 7. The van der Waals surface area contributed by atoms with Gasteiger partial charge < -0.3 is 136 Å². The first-order valence-corrected chi connectivity index (χ1v) is 55.8. The third kappa shape index (κ3) is 63.4. The minimum atomic E-state index is -1.28. The van der Waals surface area contributed by atoms with E-state index in [-0.39, 0.29) is 75.3 Å². The number of methoxy groups -OCH3 is 4. The van der Waals surface area contributed by atoms with E-state index >= 15 is 0 Å². The van der Waals surface area contributed by atoms with Gasteiger partial charge in [0.25, 0.3) is 0 Å². The van der Waals surface area contributed by atoms with Crippen molar-refractivity contribution >= 4 is 52.4 Å². The molecule has 7 aliphatic rings. The molecule has 149 heavy (non-hydrogen) atoms. The lowest BCUT2D eigenvalue weighted by Crippen LogP contribution is -2.55. The number of unbranched alkanes of at least 4 members (excludes halogenated alkanes) is 8. The van der Waals surface area contributed by atoms with Crippen LogP contribution in [0.25, 0.3) is 10.8 Å². The fourth-order valence-corrected chi connectivity index (χ4v) is 20.6. The molecule has 0 aliphatic heterocycles. The van der Waals surface area contributed by atoms with E-state index in [1.807, 2.05) is 32.3 Å². The Morgan fingerprint density at radius 1 is 0.362 bits per heavy atom. The van der Waals surface area contributed by atoms with Crippen molar-refractivity contribution < 1.29 is 146 Å². The van der Waals surface area contributed by atoms with Crippen LogP contribution in [0, 0.1) is 29.1 Å². The minimum Gasteiger partial charge on any atom is -0.872 e. The van der Waals surface area contributed by atoms with Crippen LogP contribution in [0.4, 0.5) is 0 Å². The molecule has 30 heteroatoms. The van der Waals surface area contributed by atoms with Gasteiger partial charge in [-0.1, -0.05) is 233 Å². The zero-order valence-corrected chi connectivity index (χ0v) is 95.2. The number of ketones is 1. The number of nitrogens with zero attached hydrogens (tertiary/aromatic N) is 6. The number of fused-ring (bicyclic) bond motifs is 1. The first-order chi connectivity index (χ1) is 71.0. The number of likely N-dealkylation sites (N-methyl/N-ethyl adjacent to an activating group) is 2. The van der Waals surface area contributed by atoms with E-state index in [9.17, 15) is 64.2 Å². The van der Waals surface area contributed by atoms with Crippen molar-refractivity contribution in [1.82, 2.24) is 0 Å². The molecule has 0 radical (unpaired) electrons. The van der Waals surface area contributed by atoms with Crippen molar-refractivity contribution in [3.8, 4) is 5.75 Å². The smallest absolute Gasteiger partial charge is 0.335 e. The van der Waals surface area contributed by atoms with Crippen LogP contribution in [0.2, 0.25) is 0 Å². The van der Waals surface area contributed by atoms with Crippen molar-refractivity contribution in [3.63, 3.8) is 0 Å². The molecule has 0 saturated heterocycles. The van der Waals surface area contributed by atoms with Gasteiger partial charge in [-0.2, -0.15) is 0 Å². The molecule has 0 spiro atoms. The number of carbonyl (C=O) groups excluding carboxylic acids is 6. The van der Waals surface area contributed by atoms with Crippen LogP contribution in [0.15, 0.2) is 121 Å². The van der Waals surface area contributed by atoms with Gasteiger partial charge in [0, 0.05) is 75.3 Å². The van der Waals surface area contributed by atoms with E-state index in [0.717, 1.165) is 150 Å². The minimum absolute atomic E-state index is 0.000833. The van der Waals surface area contributed by atoms with E-state index < -0.39 is 47.0 Å². The van der Waals surface area contributed by atoms with E-state index in [1.54, 1.807) is 101 Å². The summed E-state index contributed by atoms with van der Waals surface area (Å²) in [5.74, 6) is -4.68. The molecular weight excluding hydrogens is 1900 g/mol. The Morgan fingerprint density at radius 3 is 0.993 bits per heavy atom. The van der Waals surface area contributed by atoms with Crippen LogP contribution in [-0.4, -0.2) is 359 Å². The molecule has 0 atom stereocenters. The highest BCUT2D eigenvalue weighted by molar-refractivity contribution is 6.09. The van der Waals surface area contributed by atoms with E-state index in [2.05, 4.69) is 76.9 Å². The molecule has 7 aliphatic carbocycles. The maximum absolute atomic E-state index is 12.0. The van der Waals surface area contributed by atoms with Crippen molar-refractivity contribution in [3.05, 3.63) is 149 Å². The zero-order chi connectivity index (χ0) is 112. The van der Waals surface area contributed by atoms with E-state index in [1.165, 1.54) is 224 Å². The normalized spacial score (nSPS) is 16.9. The number of aliphatic hydroxyl groups is 6. The lowest BCUT2D eigenvalue weighted by atomic mass is 9.49. The molecule has 854 valence electrons. The van der Waals surface area contributed by atoms with Crippen molar-refractivity contribution in [1.29, 1.82) is 0 Å². The van der Waals surface area contributed by atoms with Crippen LogP contribution in [0.1, 0.15) is 302 Å². The number of ether oxygens (including phenoxy) is 4. The summed E-state index contributed by atoms with van der Waals surface area (Å²) in [5.41, 5.74) is 1.09. The predicted octanol–water partition coefficient (Wildman–Crippen LogP) is 11.5. The number of carboxylic acid groups (broad SMARTS) is 6. The van der Waals surface area contributed by atoms with Gasteiger partial charge in [0.1, 0.15) is 65.4 Å². The number of benzene rings is 5. The second-order valence-electron chi connectivity index (χ2n) is 43.9. The van der Waals surface area contributed by atoms with Crippen molar-refractivity contribution in [2.24, 2.45) is 29.1 Å². The van der Waals surface area contributed by atoms with Crippen molar-refractivity contribution in [2.75, 3.05) is 243 Å². The summed E-state index contributed by atoms with van der Waals surface area (Å²) >= 11 is 0. The second-order valence-corrected chi connectivity index (χ2v) is 43.9. The lowest BCUT2D eigenvalue weighted by Gasteiger charge is -2.57. The number of aromatic carboxylic acids is 2. The Hall–Kier alpha value is -7.99. The van der Waals surface area contributed by atoms with E-state index in [0.29, 0.717) is 77.1 Å². The Balaban J connectivity index is 0.00000161. The van der Waals surface area contributed by atoms with E-state index in [4.69, 9.17) is 54.7 Å². The monoisotopic (exact) mass is 2100 g/mol. The summed E-state index contributed by atoms with van der Waals surface area (Å²) in [5, 5.41) is 126. The quantitative estimate of drug-likeness (QED) is 0.0108. The Bertz CT molecular complexity index is 4010. The maximum Gasteiger partial charge on any atom is 0.335 e. The molecule has 5 aromatic rings. The molecule has 7 fully saturated rings. The molecule has 7 N–H and O–H groups in total. The number of quaternary nitrogens is 6. The topological polar surface area (TPSA) is 436 Å². The van der Waals surface area contributed by atoms with Gasteiger partial charge in [-0.05, 0) is 199 Å². The standard InChI is InChI=1S/C16H36N.C14H10O3.C12H28NO4.C11H8O3.C11H16O2.2C9H20N.C8H8O2.C8H16O2.2C7H18NO3.C7H12O2/c1-5-9-13-17(14-10-6-2,15-11-7-3)16-12-8-4;15-13(10-5-2-1-3-6-10)11-7-4-8-12(9-11)14(16)17;1-14-9-5-13(6-10-15-2,7-11-16-3)8-12-17-4;12-10-6-8-4-2-1-3-7(8)5-9(10)11(13)14;12-10(13)11-4-7-1-8(5-11)3-9(2-7)6-11;2*1-10(2,3)9-7-5-4-6-8-9;9-8(10)6-7-4-2-1-3-5-7;1-2-3-4-5-6-7-8(9)10;2*1-8(2-5-9,3-6-10)4-7-11;8-7(9)6-4-2-1-3-5-6/h5-16H2,1-4H3;1-9H,(H,16,17);5-12H2,1-4H3;1-6,12H,(H,13,14);7-9H,1-6H2,(H,12,13);2*9H,4-8H2,1-3H3;1-5H,6H2,(H,9,10);2-7H2,1H3,(H,9,10);2*9-11H,2-7H2,1H3;6H,1-5H2,(H,8,9)/q+1;;+1;;;2*+1;;;2*+1;/p-6. The molecule has 30 nitrogen and oxygen atoms in total. The van der Waals surface area contributed by atoms with Gasteiger partial charge in [-0.3, -0.25) is 4.79 Å². The number of aliphatic hydroxyl groups excluding tert-OH is 6. The fraction of sp³-hybridized carbons (Fsp3) is 0.706. The maximum atomic E-state index is 12.0. The van der Waals surface area contributed by atoms with Crippen molar-refractivity contribution in [2.45, 2.75) is 278 Å².